The maximum atomic E-state index is 13.5. The average molecular weight is 447 g/mol. The molecule has 5 heteroatoms. The van der Waals surface area contributed by atoms with Crippen LogP contribution in [0.3, 0.4) is 0 Å². The summed E-state index contributed by atoms with van der Waals surface area (Å²) >= 11 is 0. The number of rotatable bonds is 8. The molecule has 2 aromatic carbocycles. The van der Waals surface area contributed by atoms with Gasteiger partial charge in [0.2, 0.25) is 0 Å². The van der Waals surface area contributed by atoms with Gasteiger partial charge in [-0.3, -0.25) is 14.5 Å². The van der Waals surface area contributed by atoms with Gasteiger partial charge in [0.1, 0.15) is 11.4 Å². The van der Waals surface area contributed by atoms with Crippen molar-refractivity contribution in [2.24, 2.45) is 11.8 Å². The Morgan fingerprint density at radius 3 is 2.24 bits per heavy atom. The first-order valence-electron chi connectivity index (χ1n) is 12.1. The molecular formula is C28H34N2O3. The van der Waals surface area contributed by atoms with Crippen LogP contribution in [0.2, 0.25) is 0 Å². The number of ether oxygens (including phenoxy) is 1. The second-order valence-electron chi connectivity index (χ2n) is 9.62. The van der Waals surface area contributed by atoms with Gasteiger partial charge >= 0.3 is 0 Å². The zero-order valence-corrected chi connectivity index (χ0v) is 19.9. The minimum absolute atomic E-state index is 0.166. The summed E-state index contributed by atoms with van der Waals surface area (Å²) in [5, 5.41) is 0. The Bertz CT molecular complexity index is 1000. The van der Waals surface area contributed by atoms with Crippen LogP contribution in [0, 0.1) is 11.8 Å². The molecule has 1 saturated heterocycles. The molecule has 0 aromatic heterocycles. The number of likely N-dealkylation sites (tertiary alicyclic amines) is 1. The van der Waals surface area contributed by atoms with E-state index in [0.29, 0.717) is 42.7 Å². The van der Waals surface area contributed by atoms with E-state index >= 15 is 0 Å². The highest BCUT2D eigenvalue weighted by Gasteiger charge is 2.41. The molecule has 1 fully saturated rings. The number of imide groups is 1. The summed E-state index contributed by atoms with van der Waals surface area (Å²) in [5.74, 6) is 1.50. The fourth-order valence-electron chi connectivity index (χ4n) is 4.42. The van der Waals surface area contributed by atoms with Gasteiger partial charge in [-0.25, -0.2) is 0 Å². The van der Waals surface area contributed by atoms with Gasteiger partial charge in [0.05, 0.1) is 12.2 Å². The predicted molar refractivity (Wildman–Crippen MR) is 131 cm³/mol. The third kappa shape index (κ3) is 5.29. The van der Waals surface area contributed by atoms with Crippen LogP contribution in [0.25, 0.3) is 5.57 Å². The van der Waals surface area contributed by atoms with Gasteiger partial charge in [0.15, 0.2) is 0 Å². The van der Waals surface area contributed by atoms with E-state index in [1.807, 2.05) is 54.6 Å². The van der Waals surface area contributed by atoms with Crippen LogP contribution in [0.15, 0.2) is 60.3 Å². The molecule has 5 nitrogen and oxygen atoms in total. The first-order chi connectivity index (χ1) is 15.9. The van der Waals surface area contributed by atoms with Crippen molar-refractivity contribution in [3.05, 3.63) is 71.4 Å². The van der Waals surface area contributed by atoms with Crippen molar-refractivity contribution in [3.8, 4) is 5.75 Å². The SMILES string of the molecule is CC(C)COc1ccc(C2=C(N3CCC(C)CC3)C(=O)N(CCc3ccccc3)C2=O)cc1. The summed E-state index contributed by atoms with van der Waals surface area (Å²) in [7, 11) is 0. The maximum Gasteiger partial charge on any atom is 0.277 e. The molecule has 0 bridgehead atoms. The fourth-order valence-corrected chi connectivity index (χ4v) is 4.42. The lowest BCUT2D eigenvalue weighted by Crippen LogP contribution is -2.39. The lowest BCUT2D eigenvalue weighted by molar-refractivity contribution is -0.137. The van der Waals surface area contributed by atoms with Gasteiger partial charge in [-0.2, -0.15) is 0 Å². The van der Waals surface area contributed by atoms with E-state index in [2.05, 4.69) is 25.7 Å². The van der Waals surface area contributed by atoms with Crippen molar-refractivity contribution in [3.63, 3.8) is 0 Å². The minimum Gasteiger partial charge on any atom is -0.493 e. The van der Waals surface area contributed by atoms with Crippen LogP contribution in [-0.2, 0) is 16.0 Å². The van der Waals surface area contributed by atoms with E-state index < -0.39 is 0 Å². The second kappa shape index (κ2) is 10.2. The van der Waals surface area contributed by atoms with Crippen molar-refractivity contribution < 1.29 is 14.3 Å². The Hall–Kier alpha value is -3.08. The van der Waals surface area contributed by atoms with Gasteiger partial charge < -0.3 is 9.64 Å². The third-order valence-electron chi connectivity index (χ3n) is 6.44. The molecule has 174 valence electrons. The Balaban J connectivity index is 1.60. The predicted octanol–water partition coefficient (Wildman–Crippen LogP) is 4.78. The molecule has 4 rings (SSSR count). The molecule has 2 aliphatic rings. The molecule has 2 aliphatic heterocycles. The van der Waals surface area contributed by atoms with Gasteiger partial charge in [-0.05, 0) is 54.4 Å². The topological polar surface area (TPSA) is 49.9 Å². The van der Waals surface area contributed by atoms with Crippen LogP contribution >= 0.6 is 0 Å². The number of nitrogens with zero attached hydrogens (tertiary/aromatic N) is 2. The Kier molecular flexibility index (Phi) is 7.17. The summed E-state index contributed by atoms with van der Waals surface area (Å²) < 4.78 is 5.81. The standard InChI is InChI=1S/C28H34N2O3/c1-20(2)19-33-24-11-9-23(10-12-24)25-26(29-16-13-21(3)14-17-29)28(32)30(27(25)31)18-15-22-7-5-4-6-8-22/h4-12,20-21H,13-19H2,1-3H3. The van der Waals surface area contributed by atoms with Gasteiger partial charge in [-0.15, -0.1) is 0 Å². The van der Waals surface area contributed by atoms with Crippen LogP contribution < -0.4 is 4.74 Å². The minimum atomic E-state index is -0.194. The highest BCUT2D eigenvalue weighted by Crippen LogP contribution is 2.34. The largest absolute Gasteiger partial charge is 0.493 e. The smallest absolute Gasteiger partial charge is 0.277 e. The molecule has 0 unspecified atom stereocenters. The second-order valence-corrected chi connectivity index (χ2v) is 9.62. The molecule has 0 saturated carbocycles. The van der Waals surface area contributed by atoms with Crippen LogP contribution in [0.1, 0.15) is 44.7 Å². The Labute approximate surface area is 197 Å². The molecule has 0 radical (unpaired) electrons. The van der Waals surface area contributed by atoms with Crippen molar-refractivity contribution >= 4 is 17.4 Å². The van der Waals surface area contributed by atoms with Crippen molar-refractivity contribution in [2.75, 3.05) is 26.2 Å². The van der Waals surface area contributed by atoms with E-state index in [1.165, 1.54) is 4.90 Å². The Morgan fingerprint density at radius 1 is 0.939 bits per heavy atom. The average Bonchev–Trinajstić information content (AvgIpc) is 3.07. The van der Waals surface area contributed by atoms with E-state index in [0.717, 1.165) is 42.8 Å². The van der Waals surface area contributed by atoms with E-state index in [9.17, 15) is 9.59 Å². The Morgan fingerprint density at radius 2 is 1.61 bits per heavy atom. The van der Waals surface area contributed by atoms with Crippen molar-refractivity contribution in [1.29, 1.82) is 0 Å². The summed E-state index contributed by atoms with van der Waals surface area (Å²) in [4.78, 5) is 30.6. The first-order valence-corrected chi connectivity index (χ1v) is 12.1. The number of carbonyl (C=O) groups excluding carboxylic acids is 2. The number of hydrogen-bond donors (Lipinski definition) is 0. The lowest BCUT2D eigenvalue weighted by Gasteiger charge is -2.32. The lowest BCUT2D eigenvalue weighted by atomic mass is 9.97. The van der Waals surface area contributed by atoms with E-state index in [1.54, 1.807) is 0 Å². The molecule has 0 atom stereocenters. The van der Waals surface area contributed by atoms with Crippen LogP contribution in [0.4, 0.5) is 0 Å². The normalized spacial score (nSPS) is 17.5. The summed E-state index contributed by atoms with van der Waals surface area (Å²) in [6.07, 6.45) is 2.71. The summed E-state index contributed by atoms with van der Waals surface area (Å²) in [6, 6.07) is 17.6. The monoisotopic (exact) mass is 446 g/mol. The number of piperidine rings is 1. The highest BCUT2D eigenvalue weighted by molar-refractivity contribution is 6.35. The first kappa shape index (κ1) is 23.1. The van der Waals surface area contributed by atoms with Crippen molar-refractivity contribution in [2.45, 2.75) is 40.0 Å². The zero-order valence-electron chi connectivity index (χ0n) is 19.9. The molecular weight excluding hydrogens is 412 g/mol. The highest BCUT2D eigenvalue weighted by atomic mass is 16.5. The quantitative estimate of drug-likeness (QED) is 0.548. The molecule has 0 spiro atoms. The van der Waals surface area contributed by atoms with Crippen LogP contribution in [0.5, 0.6) is 5.75 Å². The third-order valence-corrected chi connectivity index (χ3v) is 6.44. The van der Waals surface area contributed by atoms with Gasteiger partial charge in [-0.1, -0.05) is 63.2 Å². The van der Waals surface area contributed by atoms with Gasteiger partial charge in [0.25, 0.3) is 11.8 Å². The van der Waals surface area contributed by atoms with Crippen LogP contribution in [-0.4, -0.2) is 47.9 Å². The molecule has 2 heterocycles. The number of amides is 2. The molecule has 33 heavy (non-hydrogen) atoms. The fraction of sp³-hybridized carbons (Fsp3) is 0.429. The number of hydrogen-bond acceptors (Lipinski definition) is 4. The summed E-state index contributed by atoms with van der Waals surface area (Å²) in [5.41, 5.74) is 2.99. The van der Waals surface area contributed by atoms with E-state index in [-0.39, 0.29) is 11.8 Å². The zero-order chi connectivity index (χ0) is 23.4. The molecule has 0 aliphatic carbocycles. The maximum absolute atomic E-state index is 13.5. The molecule has 2 aromatic rings. The number of carbonyl (C=O) groups is 2. The summed E-state index contributed by atoms with van der Waals surface area (Å²) in [6.45, 7) is 9.10. The number of benzene rings is 2. The van der Waals surface area contributed by atoms with E-state index in [4.69, 9.17) is 4.74 Å². The molecule has 0 N–H and O–H groups in total. The molecule has 2 amide bonds. The van der Waals surface area contributed by atoms with Gasteiger partial charge in [0, 0.05) is 19.6 Å². The van der Waals surface area contributed by atoms with Crippen molar-refractivity contribution in [1.82, 2.24) is 9.80 Å².